The molecule has 0 fully saturated rings. The Morgan fingerprint density at radius 3 is 2.56 bits per heavy atom. The summed E-state index contributed by atoms with van der Waals surface area (Å²) in [7, 11) is 0. The molecule has 0 amide bonds. The third-order valence-electron chi connectivity index (χ3n) is 2.78. The molecule has 0 saturated carbocycles. The number of nitrogens with zero attached hydrogens (tertiary/aromatic N) is 1. The number of nitrogens with one attached hydrogen (secondary N) is 1. The molecule has 1 unspecified atom stereocenters. The van der Waals surface area contributed by atoms with Crippen LogP contribution in [0.15, 0.2) is 53.1 Å². The molecule has 1 N–H and O–H groups in total. The van der Waals surface area contributed by atoms with Gasteiger partial charge in [-0.3, -0.25) is 4.98 Å². The van der Waals surface area contributed by atoms with Gasteiger partial charge < -0.3 is 5.32 Å². The van der Waals surface area contributed by atoms with E-state index in [-0.39, 0.29) is 6.04 Å². The summed E-state index contributed by atoms with van der Waals surface area (Å²) in [5.41, 5.74) is 2.30. The Balaban J connectivity index is 2.27. The minimum atomic E-state index is 0.166. The molecule has 0 aliphatic carbocycles. The molecule has 0 saturated heterocycles. The summed E-state index contributed by atoms with van der Waals surface area (Å²) >= 11 is 3.42. The highest BCUT2D eigenvalue weighted by molar-refractivity contribution is 9.10. The summed E-state index contributed by atoms with van der Waals surface area (Å²) < 4.78 is 1.01. The zero-order chi connectivity index (χ0) is 12.8. The van der Waals surface area contributed by atoms with Crippen LogP contribution in [0, 0.1) is 0 Å². The van der Waals surface area contributed by atoms with E-state index in [9.17, 15) is 0 Å². The van der Waals surface area contributed by atoms with E-state index in [0.717, 1.165) is 23.1 Å². The van der Waals surface area contributed by atoms with Gasteiger partial charge in [0.2, 0.25) is 0 Å². The molecule has 0 bridgehead atoms. The molecule has 0 spiro atoms. The highest BCUT2D eigenvalue weighted by Crippen LogP contribution is 2.21. The van der Waals surface area contributed by atoms with Gasteiger partial charge in [-0.2, -0.15) is 0 Å². The van der Waals surface area contributed by atoms with Crippen LogP contribution < -0.4 is 5.32 Å². The van der Waals surface area contributed by atoms with Gasteiger partial charge in [-0.25, -0.2) is 0 Å². The van der Waals surface area contributed by atoms with Gasteiger partial charge in [-0.1, -0.05) is 37.3 Å². The molecule has 94 valence electrons. The lowest BCUT2D eigenvalue weighted by Gasteiger charge is -2.18. The average Bonchev–Trinajstić information content (AvgIpc) is 2.42. The van der Waals surface area contributed by atoms with Gasteiger partial charge >= 0.3 is 0 Å². The van der Waals surface area contributed by atoms with Crippen LogP contribution in [0.25, 0.3) is 0 Å². The van der Waals surface area contributed by atoms with Gasteiger partial charge in [0.25, 0.3) is 0 Å². The number of hydrogen-bond donors (Lipinski definition) is 1. The first kappa shape index (κ1) is 13.2. The number of hydrogen-bond acceptors (Lipinski definition) is 2. The topological polar surface area (TPSA) is 24.9 Å². The summed E-state index contributed by atoms with van der Waals surface area (Å²) in [5, 5.41) is 3.54. The molecular formula is C15H17BrN2. The van der Waals surface area contributed by atoms with Crippen LogP contribution in [0.4, 0.5) is 0 Å². The maximum Gasteiger partial charge on any atom is 0.0751 e. The van der Waals surface area contributed by atoms with Crippen molar-refractivity contribution in [3.05, 3.63) is 64.4 Å². The van der Waals surface area contributed by atoms with Crippen molar-refractivity contribution in [3.63, 3.8) is 0 Å². The molecule has 1 atom stereocenters. The smallest absolute Gasteiger partial charge is 0.0751 e. The van der Waals surface area contributed by atoms with Gasteiger partial charge in [0.1, 0.15) is 0 Å². The Bertz CT molecular complexity index is 468. The van der Waals surface area contributed by atoms with Crippen LogP contribution in [0.1, 0.15) is 30.6 Å². The lowest BCUT2D eigenvalue weighted by molar-refractivity contribution is 0.586. The van der Waals surface area contributed by atoms with Gasteiger partial charge in [0, 0.05) is 10.7 Å². The summed E-state index contributed by atoms with van der Waals surface area (Å²) in [4.78, 5) is 4.50. The first-order valence-electron chi connectivity index (χ1n) is 6.21. The van der Waals surface area contributed by atoms with Crippen molar-refractivity contribution >= 4 is 15.9 Å². The second-order valence-corrected chi connectivity index (χ2v) is 5.11. The maximum atomic E-state index is 4.50. The van der Waals surface area contributed by atoms with Crippen molar-refractivity contribution in [1.82, 2.24) is 10.3 Å². The highest BCUT2D eigenvalue weighted by Gasteiger charge is 2.13. The van der Waals surface area contributed by atoms with E-state index < -0.39 is 0 Å². The summed E-state index contributed by atoms with van der Waals surface area (Å²) in [5.74, 6) is 0. The Labute approximate surface area is 117 Å². The molecule has 1 aromatic carbocycles. The number of pyridine rings is 1. The first-order valence-corrected chi connectivity index (χ1v) is 7.00. The van der Waals surface area contributed by atoms with Crippen molar-refractivity contribution in [2.75, 3.05) is 6.54 Å². The minimum absolute atomic E-state index is 0.166. The Kier molecular flexibility index (Phi) is 4.90. The van der Waals surface area contributed by atoms with Crippen molar-refractivity contribution in [2.24, 2.45) is 0 Å². The molecule has 2 nitrogen and oxygen atoms in total. The molecule has 0 radical (unpaired) electrons. The summed E-state index contributed by atoms with van der Waals surface area (Å²) in [6.45, 7) is 3.15. The predicted molar refractivity (Wildman–Crippen MR) is 78.5 cm³/mol. The van der Waals surface area contributed by atoms with E-state index in [4.69, 9.17) is 0 Å². The normalized spacial score (nSPS) is 12.3. The highest BCUT2D eigenvalue weighted by atomic mass is 79.9. The molecule has 0 aliphatic heterocycles. The molecule has 1 heterocycles. The predicted octanol–water partition coefficient (Wildman–Crippen LogP) is 3.93. The van der Waals surface area contributed by atoms with Crippen LogP contribution in [0.2, 0.25) is 0 Å². The van der Waals surface area contributed by atoms with Gasteiger partial charge in [0.05, 0.1) is 11.7 Å². The zero-order valence-electron chi connectivity index (χ0n) is 10.4. The quantitative estimate of drug-likeness (QED) is 0.905. The molecule has 18 heavy (non-hydrogen) atoms. The van der Waals surface area contributed by atoms with Crippen LogP contribution in [0.3, 0.4) is 0 Å². The molecule has 3 heteroatoms. The van der Waals surface area contributed by atoms with Crippen molar-refractivity contribution in [3.8, 4) is 0 Å². The molecule has 2 rings (SSSR count). The van der Waals surface area contributed by atoms with Gasteiger partial charge in [-0.05, 0) is 46.6 Å². The Morgan fingerprint density at radius 1 is 1.17 bits per heavy atom. The fraction of sp³-hybridized carbons (Fsp3) is 0.267. The largest absolute Gasteiger partial charge is 0.305 e. The average molecular weight is 305 g/mol. The van der Waals surface area contributed by atoms with Gasteiger partial charge in [-0.15, -0.1) is 0 Å². The molecule has 1 aromatic heterocycles. The lowest BCUT2D eigenvalue weighted by atomic mass is 10.0. The lowest BCUT2D eigenvalue weighted by Crippen LogP contribution is -2.23. The summed E-state index contributed by atoms with van der Waals surface area (Å²) in [6.07, 6.45) is 2.96. The number of rotatable bonds is 5. The standard InChI is InChI=1S/C15H17BrN2/c1-2-10-17-15(12-6-4-3-5-7-12)14-9-8-13(16)11-18-14/h3-9,11,15,17H,2,10H2,1H3. The van der Waals surface area contributed by atoms with Crippen molar-refractivity contribution in [1.29, 1.82) is 0 Å². The van der Waals surface area contributed by atoms with E-state index in [0.29, 0.717) is 0 Å². The van der Waals surface area contributed by atoms with Crippen LogP contribution in [0.5, 0.6) is 0 Å². The van der Waals surface area contributed by atoms with Crippen LogP contribution in [-0.4, -0.2) is 11.5 Å². The van der Waals surface area contributed by atoms with Crippen LogP contribution >= 0.6 is 15.9 Å². The molecule has 0 aliphatic rings. The van der Waals surface area contributed by atoms with Crippen molar-refractivity contribution < 1.29 is 0 Å². The maximum absolute atomic E-state index is 4.50. The monoisotopic (exact) mass is 304 g/mol. The number of aromatic nitrogens is 1. The molecule has 2 aromatic rings. The van der Waals surface area contributed by atoms with Crippen molar-refractivity contribution in [2.45, 2.75) is 19.4 Å². The van der Waals surface area contributed by atoms with E-state index in [1.165, 1.54) is 5.56 Å². The number of halogens is 1. The third kappa shape index (κ3) is 3.40. The zero-order valence-corrected chi connectivity index (χ0v) is 12.0. The van der Waals surface area contributed by atoms with Crippen LogP contribution in [-0.2, 0) is 0 Å². The van der Waals surface area contributed by atoms with E-state index in [1.54, 1.807) is 0 Å². The Morgan fingerprint density at radius 2 is 1.94 bits per heavy atom. The minimum Gasteiger partial charge on any atom is -0.305 e. The first-order chi connectivity index (χ1) is 8.81. The molecular weight excluding hydrogens is 288 g/mol. The fourth-order valence-electron chi connectivity index (χ4n) is 1.89. The van der Waals surface area contributed by atoms with E-state index >= 15 is 0 Å². The SMILES string of the molecule is CCCNC(c1ccccc1)c1ccc(Br)cn1. The third-order valence-corrected chi connectivity index (χ3v) is 3.25. The van der Waals surface area contributed by atoms with E-state index in [2.05, 4.69) is 63.5 Å². The van der Waals surface area contributed by atoms with Gasteiger partial charge in [0.15, 0.2) is 0 Å². The van der Waals surface area contributed by atoms with E-state index in [1.807, 2.05) is 18.3 Å². The fourth-order valence-corrected chi connectivity index (χ4v) is 2.12. The Hall–Kier alpha value is -1.19. The summed E-state index contributed by atoms with van der Waals surface area (Å²) in [6, 6.07) is 14.7. The second-order valence-electron chi connectivity index (χ2n) is 4.20. The number of benzene rings is 1. The second kappa shape index (κ2) is 6.66.